The Bertz CT molecular complexity index is 636. The maximum absolute atomic E-state index is 12.5. The van der Waals surface area contributed by atoms with Crippen molar-refractivity contribution in [3.63, 3.8) is 0 Å². The van der Waals surface area contributed by atoms with E-state index in [1.165, 1.54) is 12.1 Å². The second kappa shape index (κ2) is 5.87. The van der Waals surface area contributed by atoms with Gasteiger partial charge < -0.3 is 10.1 Å². The van der Waals surface area contributed by atoms with Crippen LogP contribution in [0.5, 0.6) is 5.75 Å². The third-order valence-electron chi connectivity index (χ3n) is 2.97. The first-order valence-electron chi connectivity index (χ1n) is 6.05. The Morgan fingerprint density at radius 3 is 2.19 bits per heavy atom. The average molecular weight is 295 g/mol. The highest BCUT2D eigenvalue weighted by atomic mass is 19.4. The van der Waals surface area contributed by atoms with Gasteiger partial charge in [0, 0.05) is 7.05 Å². The van der Waals surface area contributed by atoms with Gasteiger partial charge in [0.2, 0.25) is 0 Å². The Balaban J connectivity index is 2.36. The van der Waals surface area contributed by atoms with Crippen molar-refractivity contribution < 1.29 is 22.7 Å². The standard InChI is InChI=1S/C15H12F3NO2/c1-19-13-8-11(4-7-14(13)21-9-20)10-2-5-12(6-3-10)15(16,17)18/h2-9,19H,1H3. The predicted molar refractivity (Wildman–Crippen MR) is 73.1 cm³/mol. The summed E-state index contributed by atoms with van der Waals surface area (Å²) >= 11 is 0. The summed E-state index contributed by atoms with van der Waals surface area (Å²) < 4.78 is 42.3. The van der Waals surface area contributed by atoms with Crippen molar-refractivity contribution in [2.24, 2.45) is 0 Å². The fraction of sp³-hybridized carbons (Fsp3) is 0.133. The molecule has 0 saturated heterocycles. The number of hydrogen-bond acceptors (Lipinski definition) is 3. The van der Waals surface area contributed by atoms with Crippen molar-refractivity contribution in [2.75, 3.05) is 12.4 Å². The Labute approximate surface area is 119 Å². The van der Waals surface area contributed by atoms with Gasteiger partial charge >= 0.3 is 6.18 Å². The van der Waals surface area contributed by atoms with Crippen molar-refractivity contribution in [3.05, 3.63) is 48.0 Å². The molecule has 0 aliphatic carbocycles. The topological polar surface area (TPSA) is 38.3 Å². The molecule has 1 N–H and O–H groups in total. The van der Waals surface area contributed by atoms with E-state index >= 15 is 0 Å². The number of rotatable bonds is 4. The second-order valence-electron chi connectivity index (χ2n) is 4.25. The van der Waals surface area contributed by atoms with E-state index in [1.54, 1.807) is 25.2 Å². The predicted octanol–water partition coefficient (Wildman–Crippen LogP) is 3.95. The maximum atomic E-state index is 12.5. The van der Waals surface area contributed by atoms with Gasteiger partial charge in [-0.05, 0) is 35.4 Å². The number of hydrogen-bond donors (Lipinski definition) is 1. The summed E-state index contributed by atoms with van der Waals surface area (Å²) in [5.74, 6) is 0.350. The van der Waals surface area contributed by atoms with Gasteiger partial charge in [0.25, 0.3) is 6.47 Å². The Hall–Kier alpha value is -2.50. The summed E-state index contributed by atoms with van der Waals surface area (Å²) in [7, 11) is 1.66. The molecule has 2 aromatic rings. The zero-order chi connectivity index (χ0) is 15.5. The Morgan fingerprint density at radius 2 is 1.67 bits per heavy atom. The first kappa shape index (κ1) is 14.9. The largest absolute Gasteiger partial charge is 0.427 e. The minimum atomic E-state index is -4.35. The molecule has 2 aromatic carbocycles. The van der Waals surface area contributed by atoms with E-state index in [0.29, 0.717) is 29.0 Å². The third-order valence-corrected chi connectivity index (χ3v) is 2.97. The lowest BCUT2D eigenvalue weighted by Gasteiger charge is -2.11. The minimum absolute atomic E-state index is 0.313. The van der Waals surface area contributed by atoms with Gasteiger partial charge in [-0.2, -0.15) is 13.2 Å². The smallest absolute Gasteiger partial charge is 0.416 e. The number of anilines is 1. The highest BCUT2D eigenvalue weighted by Crippen LogP contribution is 2.33. The molecule has 2 rings (SSSR count). The molecule has 0 radical (unpaired) electrons. The average Bonchev–Trinajstić information content (AvgIpc) is 2.47. The first-order valence-corrected chi connectivity index (χ1v) is 6.05. The molecule has 0 aromatic heterocycles. The molecule has 0 fully saturated rings. The second-order valence-corrected chi connectivity index (χ2v) is 4.25. The number of nitrogens with one attached hydrogen (secondary N) is 1. The van der Waals surface area contributed by atoms with Crippen LogP contribution in [-0.2, 0) is 11.0 Å². The highest BCUT2D eigenvalue weighted by Gasteiger charge is 2.29. The van der Waals surface area contributed by atoms with Gasteiger partial charge in [-0.1, -0.05) is 18.2 Å². The molecule has 0 amide bonds. The number of halogens is 3. The number of alkyl halides is 3. The molecule has 0 atom stereocenters. The van der Waals surface area contributed by atoms with E-state index in [2.05, 4.69) is 5.32 Å². The number of ether oxygens (including phenoxy) is 1. The van der Waals surface area contributed by atoms with Crippen LogP contribution in [0.2, 0.25) is 0 Å². The van der Waals surface area contributed by atoms with Crippen LogP contribution in [0.4, 0.5) is 18.9 Å². The monoisotopic (exact) mass is 295 g/mol. The van der Waals surface area contributed by atoms with Crippen LogP contribution in [0.15, 0.2) is 42.5 Å². The summed E-state index contributed by atoms with van der Waals surface area (Å²) in [6.45, 7) is 0.313. The van der Waals surface area contributed by atoms with Crippen LogP contribution in [0, 0.1) is 0 Å². The Kier molecular flexibility index (Phi) is 4.16. The van der Waals surface area contributed by atoms with Crippen molar-refractivity contribution in [3.8, 4) is 16.9 Å². The van der Waals surface area contributed by atoms with Crippen molar-refractivity contribution in [1.82, 2.24) is 0 Å². The molecule has 0 spiro atoms. The molecule has 110 valence electrons. The summed E-state index contributed by atoms with van der Waals surface area (Å²) in [4.78, 5) is 10.4. The summed E-state index contributed by atoms with van der Waals surface area (Å²) in [6, 6.07) is 9.81. The third kappa shape index (κ3) is 3.34. The van der Waals surface area contributed by atoms with E-state index in [0.717, 1.165) is 12.1 Å². The van der Waals surface area contributed by atoms with Gasteiger partial charge in [0.1, 0.15) is 0 Å². The zero-order valence-electron chi connectivity index (χ0n) is 11.1. The van der Waals surface area contributed by atoms with E-state index in [9.17, 15) is 18.0 Å². The number of carbonyl (C=O) groups is 1. The lowest BCUT2D eigenvalue weighted by atomic mass is 10.0. The molecule has 3 nitrogen and oxygen atoms in total. The molecular weight excluding hydrogens is 283 g/mol. The quantitative estimate of drug-likeness (QED) is 0.868. The molecule has 6 heteroatoms. The molecule has 0 aliphatic rings. The van der Waals surface area contributed by atoms with E-state index in [-0.39, 0.29) is 0 Å². The molecule has 0 heterocycles. The van der Waals surface area contributed by atoms with Gasteiger partial charge in [-0.25, -0.2) is 0 Å². The summed E-state index contributed by atoms with van der Waals surface area (Å²) in [6.07, 6.45) is -4.35. The minimum Gasteiger partial charge on any atom is -0.427 e. The molecule has 0 unspecified atom stereocenters. The maximum Gasteiger partial charge on any atom is 0.416 e. The van der Waals surface area contributed by atoms with Gasteiger partial charge in [0.15, 0.2) is 5.75 Å². The number of benzene rings is 2. The molecule has 21 heavy (non-hydrogen) atoms. The van der Waals surface area contributed by atoms with Gasteiger partial charge in [0.05, 0.1) is 11.3 Å². The first-order chi connectivity index (χ1) is 9.95. The normalized spacial score (nSPS) is 11.0. The van der Waals surface area contributed by atoms with Crippen LogP contribution in [0.3, 0.4) is 0 Å². The molecular formula is C15H12F3NO2. The number of carbonyl (C=O) groups excluding carboxylic acids is 1. The van der Waals surface area contributed by atoms with E-state index < -0.39 is 11.7 Å². The van der Waals surface area contributed by atoms with Crippen LogP contribution in [0.25, 0.3) is 11.1 Å². The van der Waals surface area contributed by atoms with Crippen LogP contribution in [-0.4, -0.2) is 13.5 Å². The van der Waals surface area contributed by atoms with Crippen LogP contribution in [0.1, 0.15) is 5.56 Å². The molecule has 0 saturated carbocycles. The Morgan fingerprint density at radius 1 is 1.05 bits per heavy atom. The fourth-order valence-corrected chi connectivity index (χ4v) is 1.91. The van der Waals surface area contributed by atoms with Crippen molar-refractivity contribution >= 4 is 12.2 Å². The van der Waals surface area contributed by atoms with Crippen molar-refractivity contribution in [2.45, 2.75) is 6.18 Å². The summed E-state index contributed by atoms with van der Waals surface area (Å²) in [5, 5.41) is 2.86. The van der Waals surface area contributed by atoms with Crippen LogP contribution >= 0.6 is 0 Å². The van der Waals surface area contributed by atoms with E-state index in [1.807, 2.05) is 0 Å². The van der Waals surface area contributed by atoms with E-state index in [4.69, 9.17) is 4.74 Å². The van der Waals surface area contributed by atoms with Gasteiger partial charge in [-0.15, -0.1) is 0 Å². The molecule has 0 bridgehead atoms. The lowest BCUT2D eigenvalue weighted by Crippen LogP contribution is -2.04. The lowest BCUT2D eigenvalue weighted by molar-refractivity contribution is -0.137. The highest BCUT2D eigenvalue weighted by molar-refractivity contribution is 5.73. The van der Waals surface area contributed by atoms with Crippen LogP contribution < -0.4 is 10.1 Å². The molecule has 0 aliphatic heterocycles. The van der Waals surface area contributed by atoms with Gasteiger partial charge in [-0.3, -0.25) is 4.79 Å². The SMILES string of the molecule is CNc1cc(-c2ccc(C(F)(F)F)cc2)ccc1OC=O. The summed E-state index contributed by atoms with van der Waals surface area (Å²) in [5.41, 5.74) is 1.23. The zero-order valence-corrected chi connectivity index (χ0v) is 11.1. The fourth-order valence-electron chi connectivity index (χ4n) is 1.91. The van der Waals surface area contributed by atoms with Crippen molar-refractivity contribution in [1.29, 1.82) is 0 Å².